The molecule has 4 heteroatoms. The Labute approximate surface area is 128 Å². The topological polar surface area (TPSA) is 32.3 Å². The van der Waals surface area contributed by atoms with E-state index in [1.807, 2.05) is 23.1 Å². The molecule has 1 amide bonds. The molecule has 1 fully saturated rings. The number of anilines is 2. The molecular weight excluding hydrogens is 284 g/mol. The van der Waals surface area contributed by atoms with Crippen molar-refractivity contribution in [2.24, 2.45) is 0 Å². The Balaban J connectivity index is 1.89. The molecule has 106 valence electrons. The van der Waals surface area contributed by atoms with Crippen molar-refractivity contribution in [3.63, 3.8) is 0 Å². The van der Waals surface area contributed by atoms with Crippen LogP contribution in [0.3, 0.4) is 0 Å². The lowest BCUT2D eigenvalue weighted by atomic mass is 9.96. The van der Waals surface area contributed by atoms with Crippen molar-refractivity contribution >= 4 is 28.9 Å². The molecule has 0 radical (unpaired) electrons. The lowest BCUT2D eigenvalue weighted by Gasteiger charge is -2.33. The lowest BCUT2D eigenvalue weighted by molar-refractivity contribution is -0.117. The van der Waals surface area contributed by atoms with Crippen molar-refractivity contribution in [3.8, 4) is 0 Å². The van der Waals surface area contributed by atoms with Crippen LogP contribution in [0.1, 0.15) is 24.0 Å². The fourth-order valence-electron chi connectivity index (χ4n) is 3.38. The molecule has 1 saturated heterocycles. The summed E-state index contributed by atoms with van der Waals surface area (Å²) in [6.45, 7) is 2.07. The Morgan fingerprint density at radius 3 is 2.71 bits per heavy atom. The largest absolute Gasteiger partial charge is 0.357 e. The van der Waals surface area contributed by atoms with Crippen LogP contribution in [0, 0.1) is 6.92 Å². The average molecular weight is 299 g/mol. The van der Waals surface area contributed by atoms with Crippen LogP contribution < -0.4 is 10.2 Å². The first-order chi connectivity index (χ1) is 10.1. The second-order valence-corrected chi connectivity index (χ2v) is 6.18. The highest BCUT2D eigenvalue weighted by molar-refractivity contribution is 6.31. The summed E-state index contributed by atoms with van der Waals surface area (Å²) in [6, 6.07) is 14.0. The summed E-state index contributed by atoms with van der Waals surface area (Å²) >= 11 is 6.09. The van der Waals surface area contributed by atoms with Crippen LogP contribution in [0.5, 0.6) is 0 Å². The SMILES string of the molecule is Cc1ccc(C23CCC(=O)N2c2ccc(Cl)cc2N3)cc1. The molecule has 2 aliphatic rings. The van der Waals surface area contributed by atoms with Crippen LogP contribution in [0.15, 0.2) is 42.5 Å². The van der Waals surface area contributed by atoms with Gasteiger partial charge in [-0.1, -0.05) is 41.4 Å². The van der Waals surface area contributed by atoms with Crippen molar-refractivity contribution < 1.29 is 4.79 Å². The van der Waals surface area contributed by atoms with Gasteiger partial charge in [-0.15, -0.1) is 0 Å². The zero-order valence-corrected chi connectivity index (χ0v) is 12.4. The Morgan fingerprint density at radius 1 is 1.19 bits per heavy atom. The van der Waals surface area contributed by atoms with Gasteiger partial charge in [0, 0.05) is 17.9 Å². The van der Waals surface area contributed by atoms with Crippen molar-refractivity contribution in [2.75, 3.05) is 10.2 Å². The highest BCUT2D eigenvalue weighted by Crippen LogP contribution is 2.51. The van der Waals surface area contributed by atoms with Crippen molar-refractivity contribution in [1.29, 1.82) is 0 Å². The Bertz CT molecular complexity index is 741. The van der Waals surface area contributed by atoms with Gasteiger partial charge in [-0.2, -0.15) is 0 Å². The van der Waals surface area contributed by atoms with Crippen LogP contribution >= 0.6 is 11.6 Å². The Morgan fingerprint density at radius 2 is 1.95 bits per heavy atom. The van der Waals surface area contributed by atoms with Gasteiger partial charge in [0.1, 0.15) is 5.66 Å². The minimum absolute atomic E-state index is 0.157. The maximum absolute atomic E-state index is 12.4. The predicted molar refractivity (Wildman–Crippen MR) is 84.7 cm³/mol. The van der Waals surface area contributed by atoms with Gasteiger partial charge in [0.05, 0.1) is 11.4 Å². The Hall–Kier alpha value is -2.00. The second kappa shape index (κ2) is 4.25. The predicted octanol–water partition coefficient (Wildman–Crippen LogP) is 4.05. The number of halogens is 1. The monoisotopic (exact) mass is 298 g/mol. The number of hydrogen-bond acceptors (Lipinski definition) is 2. The number of carbonyl (C=O) groups excluding carboxylic acids is 1. The van der Waals surface area contributed by atoms with E-state index in [0.717, 1.165) is 23.4 Å². The highest BCUT2D eigenvalue weighted by atomic mass is 35.5. The van der Waals surface area contributed by atoms with Gasteiger partial charge in [0.15, 0.2) is 0 Å². The summed E-state index contributed by atoms with van der Waals surface area (Å²) in [5.74, 6) is 0.157. The number of nitrogens with zero attached hydrogens (tertiary/aromatic N) is 1. The third-order valence-electron chi connectivity index (χ3n) is 4.40. The number of hydrogen-bond donors (Lipinski definition) is 1. The molecule has 0 aliphatic carbocycles. The van der Waals surface area contributed by atoms with E-state index in [9.17, 15) is 4.79 Å². The molecule has 0 saturated carbocycles. The number of benzene rings is 2. The molecule has 0 spiro atoms. The van der Waals surface area contributed by atoms with E-state index < -0.39 is 5.66 Å². The molecule has 0 bridgehead atoms. The highest BCUT2D eigenvalue weighted by Gasteiger charge is 2.52. The van der Waals surface area contributed by atoms with Crippen LogP contribution in [-0.4, -0.2) is 5.91 Å². The molecule has 21 heavy (non-hydrogen) atoms. The van der Waals surface area contributed by atoms with E-state index >= 15 is 0 Å². The number of carbonyl (C=O) groups is 1. The van der Waals surface area contributed by atoms with Crippen LogP contribution in [0.4, 0.5) is 11.4 Å². The van der Waals surface area contributed by atoms with Gasteiger partial charge < -0.3 is 5.32 Å². The molecule has 1 atom stereocenters. The summed E-state index contributed by atoms with van der Waals surface area (Å²) in [5, 5.41) is 4.21. The molecule has 1 N–H and O–H groups in total. The van der Waals surface area contributed by atoms with E-state index in [1.165, 1.54) is 5.56 Å². The maximum Gasteiger partial charge on any atom is 0.229 e. The summed E-state index contributed by atoms with van der Waals surface area (Å²) < 4.78 is 0. The van der Waals surface area contributed by atoms with Crippen molar-refractivity contribution in [1.82, 2.24) is 0 Å². The Kier molecular flexibility index (Phi) is 2.57. The smallest absolute Gasteiger partial charge is 0.229 e. The lowest BCUT2D eigenvalue weighted by Crippen LogP contribution is -2.44. The quantitative estimate of drug-likeness (QED) is 0.861. The van der Waals surface area contributed by atoms with Gasteiger partial charge in [0.25, 0.3) is 0 Å². The van der Waals surface area contributed by atoms with E-state index in [0.29, 0.717) is 11.4 Å². The van der Waals surface area contributed by atoms with Gasteiger partial charge in [-0.05, 0) is 30.7 Å². The third-order valence-corrected chi connectivity index (χ3v) is 4.64. The van der Waals surface area contributed by atoms with E-state index in [-0.39, 0.29) is 5.91 Å². The molecule has 1 unspecified atom stereocenters. The van der Waals surface area contributed by atoms with Gasteiger partial charge in [0.2, 0.25) is 5.91 Å². The zero-order chi connectivity index (χ0) is 14.6. The number of fused-ring (bicyclic) bond motifs is 3. The minimum atomic E-state index is -0.461. The number of aryl methyl sites for hydroxylation is 1. The number of rotatable bonds is 1. The van der Waals surface area contributed by atoms with E-state index in [4.69, 9.17) is 11.6 Å². The molecule has 2 aromatic carbocycles. The zero-order valence-electron chi connectivity index (χ0n) is 11.7. The molecule has 4 rings (SSSR count). The first-order valence-corrected chi connectivity index (χ1v) is 7.46. The van der Waals surface area contributed by atoms with Crippen LogP contribution in [-0.2, 0) is 10.5 Å². The summed E-state index contributed by atoms with van der Waals surface area (Å²) in [6.07, 6.45) is 1.32. The van der Waals surface area contributed by atoms with Gasteiger partial charge in [-0.3, -0.25) is 9.69 Å². The van der Waals surface area contributed by atoms with E-state index in [2.05, 4.69) is 36.5 Å². The second-order valence-electron chi connectivity index (χ2n) is 5.74. The molecule has 0 aromatic heterocycles. The first-order valence-electron chi connectivity index (χ1n) is 7.08. The van der Waals surface area contributed by atoms with Crippen molar-refractivity contribution in [3.05, 3.63) is 58.6 Å². The number of amides is 1. The number of nitrogens with one attached hydrogen (secondary N) is 1. The fraction of sp³-hybridized carbons (Fsp3) is 0.235. The normalized spacial score (nSPS) is 23.0. The van der Waals surface area contributed by atoms with Gasteiger partial charge in [-0.25, -0.2) is 0 Å². The molecule has 3 nitrogen and oxygen atoms in total. The average Bonchev–Trinajstić information content (AvgIpc) is 2.95. The molecule has 2 aromatic rings. The first kappa shape index (κ1) is 12.7. The van der Waals surface area contributed by atoms with Crippen LogP contribution in [0.2, 0.25) is 5.02 Å². The standard InChI is InChI=1S/C17H15ClN2O/c1-11-2-4-12(5-3-11)17-9-8-16(21)20(17)15-7-6-13(18)10-14(15)19-17/h2-7,10,19H,8-9H2,1H3. The third kappa shape index (κ3) is 1.70. The maximum atomic E-state index is 12.4. The molecular formula is C17H15ClN2O. The summed E-state index contributed by atoms with van der Waals surface area (Å²) in [4.78, 5) is 14.3. The summed E-state index contributed by atoms with van der Waals surface area (Å²) in [5.41, 5.74) is 3.71. The summed E-state index contributed by atoms with van der Waals surface area (Å²) in [7, 11) is 0. The fourth-order valence-corrected chi connectivity index (χ4v) is 3.56. The van der Waals surface area contributed by atoms with Crippen molar-refractivity contribution in [2.45, 2.75) is 25.4 Å². The van der Waals surface area contributed by atoms with E-state index in [1.54, 1.807) is 0 Å². The molecule has 2 heterocycles. The van der Waals surface area contributed by atoms with Gasteiger partial charge >= 0.3 is 0 Å². The molecule has 2 aliphatic heterocycles. The minimum Gasteiger partial charge on any atom is -0.357 e. The van der Waals surface area contributed by atoms with Crippen LogP contribution in [0.25, 0.3) is 0 Å².